The standard InChI is InChI=1S/C16H15NO3S/c1-9-12(11-13(18)16(2,3)20-15(11)19)17-14(21-9)10-7-5-4-6-8-10/h4-8,18H,1-3H3. The van der Waals surface area contributed by atoms with E-state index in [0.717, 1.165) is 15.4 Å². The number of aliphatic hydroxyl groups is 1. The topological polar surface area (TPSA) is 59.4 Å². The van der Waals surface area contributed by atoms with E-state index in [1.165, 1.54) is 11.3 Å². The number of carbonyl (C=O) groups excluding carboxylic acids is 1. The van der Waals surface area contributed by atoms with Gasteiger partial charge in [0.1, 0.15) is 10.6 Å². The van der Waals surface area contributed by atoms with E-state index in [4.69, 9.17) is 4.74 Å². The van der Waals surface area contributed by atoms with Crippen molar-refractivity contribution in [2.24, 2.45) is 0 Å². The highest BCUT2D eigenvalue weighted by Crippen LogP contribution is 2.39. The zero-order valence-corrected chi connectivity index (χ0v) is 12.8. The Balaban J connectivity index is 2.11. The maximum Gasteiger partial charge on any atom is 0.344 e. The van der Waals surface area contributed by atoms with E-state index >= 15 is 0 Å². The fourth-order valence-electron chi connectivity index (χ4n) is 2.27. The number of aliphatic hydroxyl groups excluding tert-OH is 1. The van der Waals surface area contributed by atoms with Crippen LogP contribution in [0.2, 0.25) is 0 Å². The molecule has 1 aliphatic heterocycles. The molecule has 1 aromatic heterocycles. The number of esters is 1. The maximum atomic E-state index is 12.0. The van der Waals surface area contributed by atoms with Gasteiger partial charge in [0.25, 0.3) is 0 Å². The third-order valence-electron chi connectivity index (χ3n) is 3.41. The van der Waals surface area contributed by atoms with Gasteiger partial charge >= 0.3 is 5.97 Å². The molecule has 21 heavy (non-hydrogen) atoms. The van der Waals surface area contributed by atoms with Crippen molar-refractivity contribution >= 4 is 22.9 Å². The summed E-state index contributed by atoms with van der Waals surface area (Å²) in [5.74, 6) is -0.578. The molecule has 0 amide bonds. The lowest BCUT2D eigenvalue weighted by molar-refractivity contribution is -0.143. The Bertz CT molecular complexity index is 744. The monoisotopic (exact) mass is 301 g/mol. The number of aromatic nitrogens is 1. The molecule has 0 radical (unpaired) electrons. The molecule has 4 nitrogen and oxygen atoms in total. The third kappa shape index (κ3) is 2.23. The zero-order valence-electron chi connectivity index (χ0n) is 12.0. The first kappa shape index (κ1) is 13.8. The fraction of sp³-hybridized carbons (Fsp3) is 0.250. The predicted molar refractivity (Wildman–Crippen MR) is 82.0 cm³/mol. The third-order valence-corrected chi connectivity index (χ3v) is 4.43. The molecule has 0 aliphatic carbocycles. The van der Waals surface area contributed by atoms with Crippen LogP contribution in [0.25, 0.3) is 16.1 Å². The summed E-state index contributed by atoms with van der Waals surface area (Å²) in [5, 5.41) is 11.1. The Kier molecular flexibility index (Phi) is 3.10. The van der Waals surface area contributed by atoms with Crippen molar-refractivity contribution in [2.75, 3.05) is 0 Å². The van der Waals surface area contributed by atoms with Crippen molar-refractivity contribution < 1.29 is 14.6 Å². The minimum Gasteiger partial charge on any atom is -0.507 e. The van der Waals surface area contributed by atoms with Gasteiger partial charge in [0.15, 0.2) is 11.4 Å². The van der Waals surface area contributed by atoms with Crippen molar-refractivity contribution in [3.8, 4) is 10.6 Å². The highest BCUT2D eigenvalue weighted by atomic mass is 32.1. The number of ether oxygens (including phenoxy) is 1. The molecule has 0 fully saturated rings. The van der Waals surface area contributed by atoms with Crippen molar-refractivity contribution in [1.29, 1.82) is 0 Å². The van der Waals surface area contributed by atoms with Gasteiger partial charge in [0, 0.05) is 10.4 Å². The molecule has 1 aliphatic rings. The predicted octanol–water partition coefficient (Wildman–Crippen LogP) is 3.72. The van der Waals surface area contributed by atoms with Crippen LogP contribution in [-0.2, 0) is 9.53 Å². The Labute approximate surface area is 126 Å². The van der Waals surface area contributed by atoms with E-state index in [0.29, 0.717) is 5.69 Å². The maximum absolute atomic E-state index is 12.0. The Morgan fingerprint density at radius 3 is 2.48 bits per heavy atom. The average Bonchev–Trinajstić information content (AvgIpc) is 2.90. The summed E-state index contributed by atoms with van der Waals surface area (Å²) in [6.45, 7) is 5.21. The lowest BCUT2D eigenvalue weighted by atomic mass is 10.0. The number of hydrogen-bond donors (Lipinski definition) is 1. The number of carbonyl (C=O) groups is 1. The summed E-state index contributed by atoms with van der Waals surface area (Å²) < 4.78 is 5.20. The lowest BCUT2D eigenvalue weighted by Gasteiger charge is -2.16. The first-order chi connectivity index (χ1) is 9.90. The second-order valence-electron chi connectivity index (χ2n) is 5.41. The molecule has 1 aromatic carbocycles. The molecule has 0 spiro atoms. The SMILES string of the molecule is Cc1sc(-c2ccccc2)nc1C1=C(O)C(C)(C)OC1=O. The molecule has 0 atom stereocenters. The molecule has 5 heteroatoms. The largest absolute Gasteiger partial charge is 0.507 e. The summed E-state index contributed by atoms with van der Waals surface area (Å²) in [6.07, 6.45) is 0. The summed E-state index contributed by atoms with van der Waals surface area (Å²) in [7, 11) is 0. The van der Waals surface area contributed by atoms with Gasteiger partial charge in [-0.05, 0) is 20.8 Å². The number of rotatable bonds is 2. The number of aryl methyl sites for hydroxylation is 1. The van der Waals surface area contributed by atoms with Crippen LogP contribution in [0.1, 0.15) is 24.4 Å². The molecule has 0 bridgehead atoms. The highest BCUT2D eigenvalue weighted by Gasteiger charge is 2.42. The molecule has 2 heterocycles. The molecule has 1 N–H and O–H groups in total. The second-order valence-corrected chi connectivity index (χ2v) is 6.62. The van der Waals surface area contributed by atoms with Crippen molar-refractivity contribution in [2.45, 2.75) is 26.4 Å². The van der Waals surface area contributed by atoms with Gasteiger partial charge in [-0.15, -0.1) is 11.3 Å². The summed E-state index contributed by atoms with van der Waals surface area (Å²) >= 11 is 1.49. The van der Waals surface area contributed by atoms with Crippen LogP contribution >= 0.6 is 11.3 Å². The van der Waals surface area contributed by atoms with Crippen LogP contribution in [0.4, 0.5) is 0 Å². The van der Waals surface area contributed by atoms with Gasteiger partial charge in [-0.1, -0.05) is 30.3 Å². The van der Waals surface area contributed by atoms with Crippen LogP contribution in [-0.4, -0.2) is 21.7 Å². The molecule has 108 valence electrons. The average molecular weight is 301 g/mol. The fourth-order valence-corrected chi connectivity index (χ4v) is 3.20. The van der Waals surface area contributed by atoms with Crippen LogP contribution in [0.5, 0.6) is 0 Å². The molecule has 0 unspecified atom stereocenters. The van der Waals surface area contributed by atoms with Crippen LogP contribution in [0.3, 0.4) is 0 Å². The molecular formula is C16H15NO3S. The molecule has 0 saturated carbocycles. The molecular weight excluding hydrogens is 286 g/mol. The van der Waals surface area contributed by atoms with E-state index in [1.54, 1.807) is 13.8 Å². The Morgan fingerprint density at radius 2 is 1.90 bits per heavy atom. The number of thiazole rings is 1. The number of benzene rings is 1. The first-order valence-electron chi connectivity index (χ1n) is 6.60. The Morgan fingerprint density at radius 1 is 1.24 bits per heavy atom. The zero-order chi connectivity index (χ0) is 15.2. The molecule has 3 rings (SSSR count). The minimum absolute atomic E-state index is 0.0551. The molecule has 0 saturated heterocycles. The lowest BCUT2D eigenvalue weighted by Crippen LogP contribution is -2.22. The van der Waals surface area contributed by atoms with Gasteiger partial charge in [0.2, 0.25) is 0 Å². The van der Waals surface area contributed by atoms with Crippen molar-refractivity contribution in [3.05, 3.63) is 46.7 Å². The van der Waals surface area contributed by atoms with Gasteiger partial charge in [0.05, 0.1) is 5.69 Å². The van der Waals surface area contributed by atoms with Crippen LogP contribution in [0, 0.1) is 6.92 Å². The molecule has 2 aromatic rings. The van der Waals surface area contributed by atoms with Gasteiger partial charge in [-0.25, -0.2) is 9.78 Å². The number of cyclic esters (lactones) is 1. The highest BCUT2D eigenvalue weighted by molar-refractivity contribution is 7.15. The minimum atomic E-state index is -0.991. The number of hydrogen-bond acceptors (Lipinski definition) is 5. The summed E-state index contributed by atoms with van der Waals surface area (Å²) in [6, 6.07) is 9.75. The van der Waals surface area contributed by atoms with E-state index in [-0.39, 0.29) is 11.3 Å². The van der Waals surface area contributed by atoms with Gasteiger partial charge in [-0.3, -0.25) is 0 Å². The first-order valence-corrected chi connectivity index (χ1v) is 7.42. The smallest absolute Gasteiger partial charge is 0.344 e. The van der Waals surface area contributed by atoms with Gasteiger partial charge < -0.3 is 9.84 Å². The van der Waals surface area contributed by atoms with Crippen molar-refractivity contribution in [3.63, 3.8) is 0 Å². The second kappa shape index (κ2) is 4.70. The van der Waals surface area contributed by atoms with E-state index < -0.39 is 11.6 Å². The summed E-state index contributed by atoms with van der Waals surface area (Å²) in [4.78, 5) is 17.4. The van der Waals surface area contributed by atoms with Crippen molar-refractivity contribution in [1.82, 2.24) is 4.98 Å². The van der Waals surface area contributed by atoms with E-state index in [2.05, 4.69) is 4.98 Å². The van der Waals surface area contributed by atoms with E-state index in [1.807, 2.05) is 37.3 Å². The van der Waals surface area contributed by atoms with Gasteiger partial charge in [-0.2, -0.15) is 0 Å². The normalized spacial score (nSPS) is 17.2. The van der Waals surface area contributed by atoms with E-state index in [9.17, 15) is 9.90 Å². The van der Waals surface area contributed by atoms with Crippen LogP contribution in [0.15, 0.2) is 36.1 Å². The summed E-state index contributed by atoms with van der Waals surface area (Å²) in [5.41, 5.74) is 0.681. The quantitative estimate of drug-likeness (QED) is 0.859. The van der Waals surface area contributed by atoms with Crippen LogP contribution < -0.4 is 0 Å². The number of nitrogens with zero attached hydrogens (tertiary/aromatic N) is 1. The Hall–Kier alpha value is -2.14.